The van der Waals surface area contributed by atoms with Crippen molar-refractivity contribution in [3.05, 3.63) is 40.6 Å². The van der Waals surface area contributed by atoms with Gasteiger partial charge in [-0.05, 0) is 19.1 Å². The van der Waals surface area contributed by atoms with Crippen LogP contribution in [0.15, 0.2) is 30.0 Å². The van der Waals surface area contributed by atoms with Crippen LogP contribution in [0.1, 0.15) is 21.8 Å². The first-order valence-electron chi connectivity index (χ1n) is 6.50. The molecule has 1 fully saturated rings. The molecule has 104 valence electrons. The van der Waals surface area contributed by atoms with Crippen LogP contribution in [-0.4, -0.2) is 40.0 Å². The van der Waals surface area contributed by atoms with E-state index in [1.165, 1.54) is 11.3 Å². The fourth-order valence-corrected chi connectivity index (χ4v) is 3.04. The van der Waals surface area contributed by atoms with Gasteiger partial charge in [-0.25, -0.2) is 4.98 Å². The Bertz CT molecular complexity index is 599. The summed E-state index contributed by atoms with van der Waals surface area (Å²) in [6.45, 7) is 3.22. The number of aromatic nitrogens is 2. The van der Waals surface area contributed by atoms with Crippen LogP contribution in [0.4, 0.5) is 0 Å². The van der Waals surface area contributed by atoms with Gasteiger partial charge in [0, 0.05) is 25.4 Å². The lowest BCUT2D eigenvalue weighted by Crippen LogP contribution is -2.30. The smallest absolute Gasteiger partial charge is 0.265 e. The Hall–Kier alpha value is -1.95. The zero-order valence-electron chi connectivity index (χ0n) is 11.2. The molecule has 1 aliphatic rings. The molecular formula is C14H15N3O2S. The highest BCUT2D eigenvalue weighted by Crippen LogP contribution is 2.21. The Morgan fingerprint density at radius 3 is 2.95 bits per heavy atom. The van der Waals surface area contributed by atoms with Crippen LogP contribution >= 0.6 is 11.3 Å². The van der Waals surface area contributed by atoms with Gasteiger partial charge in [-0.15, -0.1) is 11.3 Å². The highest BCUT2D eigenvalue weighted by molar-refractivity contribution is 7.11. The fraction of sp³-hybridized carbons (Fsp3) is 0.357. The number of ether oxygens (including phenoxy) is 1. The van der Waals surface area contributed by atoms with Crippen LogP contribution in [0.25, 0.3) is 0 Å². The minimum absolute atomic E-state index is 0.0505. The van der Waals surface area contributed by atoms with Crippen molar-refractivity contribution in [1.82, 2.24) is 14.9 Å². The minimum Gasteiger partial charge on any atom is -0.488 e. The number of aryl methyl sites for hydroxylation is 1. The fourth-order valence-electron chi connectivity index (χ4n) is 2.27. The standard InChI is InChI=1S/C14H15N3O2S/c1-10-13(20-9-16-10)14(18)17-7-4-12(8-17)19-11-2-5-15-6-3-11/h2-3,5-6,9,12H,4,7-8H2,1H3/t12-/m0/s1. The number of carbonyl (C=O) groups excluding carboxylic acids is 1. The maximum atomic E-state index is 12.4. The van der Waals surface area contributed by atoms with Crippen molar-refractivity contribution in [3.8, 4) is 5.75 Å². The zero-order chi connectivity index (χ0) is 13.9. The average molecular weight is 289 g/mol. The van der Waals surface area contributed by atoms with Crippen molar-refractivity contribution in [2.75, 3.05) is 13.1 Å². The topological polar surface area (TPSA) is 55.3 Å². The highest BCUT2D eigenvalue weighted by Gasteiger charge is 2.29. The molecular weight excluding hydrogens is 274 g/mol. The molecule has 3 rings (SSSR count). The first kappa shape index (κ1) is 13.1. The molecule has 0 aliphatic carbocycles. The van der Waals surface area contributed by atoms with E-state index in [0.29, 0.717) is 6.54 Å². The van der Waals surface area contributed by atoms with Crippen LogP contribution in [0.3, 0.4) is 0 Å². The summed E-state index contributed by atoms with van der Waals surface area (Å²) in [6.07, 6.45) is 4.31. The van der Waals surface area contributed by atoms with E-state index in [1.807, 2.05) is 24.0 Å². The van der Waals surface area contributed by atoms with Gasteiger partial charge in [0.15, 0.2) is 0 Å². The molecule has 1 amide bonds. The predicted molar refractivity (Wildman–Crippen MR) is 76.0 cm³/mol. The number of hydrogen-bond acceptors (Lipinski definition) is 5. The van der Waals surface area contributed by atoms with Gasteiger partial charge >= 0.3 is 0 Å². The van der Waals surface area contributed by atoms with Gasteiger partial charge in [-0.1, -0.05) is 0 Å². The van der Waals surface area contributed by atoms with Crippen molar-refractivity contribution in [2.24, 2.45) is 0 Å². The number of nitrogens with zero attached hydrogens (tertiary/aromatic N) is 3. The molecule has 1 aliphatic heterocycles. The molecule has 0 radical (unpaired) electrons. The Balaban J connectivity index is 1.62. The zero-order valence-corrected chi connectivity index (χ0v) is 12.0. The van der Waals surface area contributed by atoms with Gasteiger partial charge in [0.1, 0.15) is 16.7 Å². The number of amides is 1. The van der Waals surface area contributed by atoms with E-state index in [9.17, 15) is 4.79 Å². The van der Waals surface area contributed by atoms with Crippen molar-refractivity contribution in [2.45, 2.75) is 19.4 Å². The van der Waals surface area contributed by atoms with Gasteiger partial charge in [0.05, 0.1) is 17.7 Å². The van der Waals surface area contributed by atoms with Crippen molar-refractivity contribution in [3.63, 3.8) is 0 Å². The number of likely N-dealkylation sites (tertiary alicyclic amines) is 1. The molecule has 0 aromatic carbocycles. The van der Waals surface area contributed by atoms with E-state index in [0.717, 1.165) is 29.3 Å². The summed E-state index contributed by atoms with van der Waals surface area (Å²) >= 11 is 1.40. The van der Waals surface area contributed by atoms with Crippen LogP contribution in [-0.2, 0) is 0 Å². The Morgan fingerprint density at radius 2 is 2.25 bits per heavy atom. The van der Waals surface area contributed by atoms with Crippen molar-refractivity contribution < 1.29 is 9.53 Å². The largest absolute Gasteiger partial charge is 0.488 e. The molecule has 1 saturated heterocycles. The van der Waals surface area contributed by atoms with Gasteiger partial charge in [-0.2, -0.15) is 0 Å². The molecule has 5 nitrogen and oxygen atoms in total. The lowest BCUT2D eigenvalue weighted by molar-refractivity contribution is 0.0776. The normalized spacial score (nSPS) is 18.2. The lowest BCUT2D eigenvalue weighted by atomic mass is 10.3. The first-order valence-corrected chi connectivity index (χ1v) is 7.38. The first-order chi connectivity index (χ1) is 9.74. The summed E-state index contributed by atoms with van der Waals surface area (Å²) < 4.78 is 5.86. The number of rotatable bonds is 3. The molecule has 2 aromatic rings. The third-order valence-electron chi connectivity index (χ3n) is 3.32. The van der Waals surface area contributed by atoms with Crippen LogP contribution in [0.5, 0.6) is 5.75 Å². The summed E-state index contributed by atoms with van der Waals surface area (Å²) in [5.74, 6) is 0.860. The number of thiazole rings is 1. The van der Waals surface area contributed by atoms with Gasteiger partial charge in [0.2, 0.25) is 0 Å². The van der Waals surface area contributed by atoms with Gasteiger partial charge in [-0.3, -0.25) is 9.78 Å². The summed E-state index contributed by atoms with van der Waals surface area (Å²) in [5.41, 5.74) is 2.52. The summed E-state index contributed by atoms with van der Waals surface area (Å²) in [4.78, 5) is 23.0. The molecule has 2 aromatic heterocycles. The molecule has 0 unspecified atom stereocenters. The van der Waals surface area contributed by atoms with E-state index in [-0.39, 0.29) is 12.0 Å². The number of pyridine rings is 1. The van der Waals surface area contributed by atoms with Crippen LogP contribution in [0, 0.1) is 6.92 Å². The van der Waals surface area contributed by atoms with Crippen LogP contribution in [0.2, 0.25) is 0 Å². The molecule has 6 heteroatoms. The summed E-state index contributed by atoms with van der Waals surface area (Å²) in [7, 11) is 0. The van der Waals surface area contributed by atoms with E-state index in [1.54, 1.807) is 17.9 Å². The van der Waals surface area contributed by atoms with E-state index >= 15 is 0 Å². The number of hydrogen-bond donors (Lipinski definition) is 0. The molecule has 0 spiro atoms. The average Bonchev–Trinajstić information content (AvgIpc) is 3.08. The quantitative estimate of drug-likeness (QED) is 0.868. The SMILES string of the molecule is Cc1ncsc1C(=O)N1CC[C@H](Oc2ccncc2)C1. The second-order valence-electron chi connectivity index (χ2n) is 4.73. The summed E-state index contributed by atoms with van der Waals surface area (Å²) in [6, 6.07) is 3.66. The Labute approximate surface area is 121 Å². The molecule has 0 bridgehead atoms. The maximum absolute atomic E-state index is 12.4. The third kappa shape index (κ3) is 2.65. The molecule has 1 atom stereocenters. The predicted octanol–water partition coefficient (Wildman–Crippen LogP) is 2.14. The van der Waals surface area contributed by atoms with E-state index < -0.39 is 0 Å². The molecule has 3 heterocycles. The monoisotopic (exact) mass is 289 g/mol. The van der Waals surface area contributed by atoms with Crippen molar-refractivity contribution in [1.29, 1.82) is 0 Å². The van der Waals surface area contributed by atoms with Crippen LogP contribution < -0.4 is 4.74 Å². The minimum atomic E-state index is 0.0505. The second-order valence-corrected chi connectivity index (χ2v) is 5.58. The maximum Gasteiger partial charge on any atom is 0.265 e. The van der Waals surface area contributed by atoms with E-state index in [4.69, 9.17) is 4.74 Å². The Kier molecular flexibility index (Phi) is 3.64. The number of carbonyl (C=O) groups is 1. The van der Waals surface area contributed by atoms with Gasteiger partial charge < -0.3 is 9.64 Å². The summed E-state index contributed by atoms with van der Waals surface area (Å²) in [5, 5.41) is 0. The molecule has 0 saturated carbocycles. The lowest BCUT2D eigenvalue weighted by Gasteiger charge is -2.16. The second kappa shape index (κ2) is 5.58. The Morgan fingerprint density at radius 1 is 1.45 bits per heavy atom. The van der Waals surface area contributed by atoms with Crippen molar-refractivity contribution >= 4 is 17.2 Å². The molecule has 0 N–H and O–H groups in total. The highest BCUT2D eigenvalue weighted by atomic mass is 32.1. The van der Waals surface area contributed by atoms with E-state index in [2.05, 4.69) is 9.97 Å². The molecule has 20 heavy (non-hydrogen) atoms. The van der Waals surface area contributed by atoms with Gasteiger partial charge in [0.25, 0.3) is 5.91 Å². The third-order valence-corrected chi connectivity index (χ3v) is 4.24.